The molecule has 0 saturated heterocycles. The highest BCUT2D eigenvalue weighted by Crippen LogP contribution is 2.14. The second kappa shape index (κ2) is 8.60. The molecule has 0 spiro atoms. The molecular formula is C16H22N4O3S. The van der Waals surface area contributed by atoms with Crippen molar-refractivity contribution in [3.8, 4) is 0 Å². The molecule has 2 heterocycles. The average molecular weight is 350 g/mol. The Morgan fingerprint density at radius 1 is 1.42 bits per heavy atom. The zero-order chi connectivity index (χ0) is 17.5. The predicted octanol–water partition coefficient (Wildman–Crippen LogP) is 2.02. The van der Waals surface area contributed by atoms with Crippen LogP contribution >= 0.6 is 11.3 Å². The predicted molar refractivity (Wildman–Crippen MR) is 93.2 cm³/mol. The minimum absolute atomic E-state index is 0.0559. The molecule has 3 N–H and O–H groups in total. The Morgan fingerprint density at radius 3 is 2.83 bits per heavy atom. The molecule has 0 aliphatic rings. The molecule has 0 fully saturated rings. The monoisotopic (exact) mass is 350 g/mol. The number of nitrogens with one attached hydrogen (secondary N) is 2. The summed E-state index contributed by atoms with van der Waals surface area (Å²) in [5.74, 6) is -0.706. The summed E-state index contributed by atoms with van der Waals surface area (Å²) in [4.78, 5) is 24.5. The summed E-state index contributed by atoms with van der Waals surface area (Å²) < 4.78 is 1.70. The maximum Gasteiger partial charge on any atom is 0.320 e. The van der Waals surface area contributed by atoms with Crippen LogP contribution in [-0.4, -0.2) is 39.4 Å². The minimum Gasteiger partial charge on any atom is -0.480 e. The number of carbonyl (C=O) groups excluding carboxylic acids is 1. The number of thiophene rings is 1. The average Bonchev–Trinajstić information content (AvgIpc) is 3.20. The van der Waals surface area contributed by atoms with E-state index < -0.39 is 12.0 Å². The topological polar surface area (TPSA) is 96.3 Å². The van der Waals surface area contributed by atoms with E-state index in [-0.39, 0.29) is 18.4 Å². The Bertz CT molecular complexity index is 669. The number of amides is 1. The molecule has 2 rings (SSSR count). The first-order chi connectivity index (χ1) is 11.5. The number of aromatic nitrogens is 2. The third-order valence-electron chi connectivity index (χ3n) is 3.83. The fourth-order valence-electron chi connectivity index (χ4n) is 2.27. The van der Waals surface area contributed by atoms with Gasteiger partial charge in [0.1, 0.15) is 11.9 Å². The summed E-state index contributed by atoms with van der Waals surface area (Å²) >= 11 is 1.62. The highest BCUT2D eigenvalue weighted by atomic mass is 32.1. The number of anilines is 1. The lowest BCUT2D eigenvalue weighted by atomic mass is 9.99. The molecule has 8 heteroatoms. The summed E-state index contributed by atoms with van der Waals surface area (Å²) in [5, 5.41) is 21.0. The molecule has 24 heavy (non-hydrogen) atoms. The second-order valence-corrected chi connectivity index (χ2v) is 6.62. The van der Waals surface area contributed by atoms with Crippen LogP contribution < -0.4 is 10.6 Å². The molecule has 0 bridgehead atoms. The van der Waals surface area contributed by atoms with Gasteiger partial charge in [-0.2, -0.15) is 5.10 Å². The summed E-state index contributed by atoms with van der Waals surface area (Å²) in [7, 11) is 0. The third-order valence-corrected chi connectivity index (χ3v) is 4.69. The first-order valence-corrected chi connectivity index (χ1v) is 8.69. The first-order valence-electron chi connectivity index (χ1n) is 7.81. The fraction of sp³-hybridized carbons (Fsp3) is 0.438. The number of rotatable bonds is 9. The number of carboxylic acid groups (broad SMARTS) is 1. The van der Waals surface area contributed by atoms with Crippen LogP contribution in [0.1, 0.15) is 25.1 Å². The fourth-order valence-corrected chi connectivity index (χ4v) is 2.96. The highest BCUT2D eigenvalue weighted by molar-refractivity contribution is 7.09. The van der Waals surface area contributed by atoms with Crippen molar-refractivity contribution in [2.45, 2.75) is 32.9 Å². The van der Waals surface area contributed by atoms with Gasteiger partial charge in [0.2, 0.25) is 5.91 Å². The van der Waals surface area contributed by atoms with Gasteiger partial charge in [-0.25, -0.2) is 4.68 Å². The van der Waals surface area contributed by atoms with Gasteiger partial charge in [0, 0.05) is 10.9 Å². The smallest absolute Gasteiger partial charge is 0.320 e. The molecule has 130 valence electrons. The highest BCUT2D eigenvalue weighted by Gasteiger charge is 2.23. The Balaban J connectivity index is 1.91. The maximum absolute atomic E-state index is 12.1. The minimum atomic E-state index is -0.945. The molecule has 0 aliphatic carbocycles. The van der Waals surface area contributed by atoms with E-state index in [0.717, 1.165) is 11.3 Å². The van der Waals surface area contributed by atoms with Crippen molar-refractivity contribution in [2.75, 3.05) is 11.9 Å². The standard InChI is InChI=1S/C16H22N4O3S/c1-3-11(2)15(16(22)23)17-9-14(21)19-13-6-7-18-20(13)10-12-5-4-8-24-12/h4-8,11,15,17H,3,9-10H2,1-2H3,(H,19,21)(H,22,23)/t11-,15-/m0/s1. The van der Waals surface area contributed by atoms with Crippen LogP contribution in [0.4, 0.5) is 5.82 Å². The van der Waals surface area contributed by atoms with Crippen molar-refractivity contribution < 1.29 is 14.7 Å². The molecule has 2 aromatic rings. The molecule has 1 amide bonds. The van der Waals surface area contributed by atoms with Gasteiger partial charge in [0.05, 0.1) is 19.3 Å². The third kappa shape index (κ3) is 4.90. The molecule has 0 aromatic carbocycles. The molecule has 2 atom stereocenters. The Kier molecular flexibility index (Phi) is 6.51. The van der Waals surface area contributed by atoms with E-state index >= 15 is 0 Å². The number of aliphatic carboxylic acids is 1. The molecule has 2 aromatic heterocycles. The van der Waals surface area contributed by atoms with Crippen molar-refractivity contribution in [2.24, 2.45) is 5.92 Å². The van der Waals surface area contributed by atoms with Gasteiger partial charge in [-0.1, -0.05) is 26.3 Å². The van der Waals surface area contributed by atoms with E-state index in [9.17, 15) is 14.7 Å². The van der Waals surface area contributed by atoms with Crippen molar-refractivity contribution in [3.05, 3.63) is 34.7 Å². The molecule has 0 unspecified atom stereocenters. The van der Waals surface area contributed by atoms with Gasteiger partial charge in [0.25, 0.3) is 0 Å². The summed E-state index contributed by atoms with van der Waals surface area (Å²) in [6, 6.07) is 4.95. The number of hydrogen-bond acceptors (Lipinski definition) is 5. The lowest BCUT2D eigenvalue weighted by Crippen LogP contribution is -2.45. The number of hydrogen-bond donors (Lipinski definition) is 3. The largest absolute Gasteiger partial charge is 0.480 e. The maximum atomic E-state index is 12.1. The van der Waals surface area contributed by atoms with Crippen LogP contribution in [0.25, 0.3) is 0 Å². The summed E-state index contributed by atoms with van der Waals surface area (Å²) in [5.41, 5.74) is 0. The SMILES string of the molecule is CC[C@H](C)[C@H](NCC(=O)Nc1ccnn1Cc1cccs1)C(=O)O. The Labute approximate surface area is 144 Å². The molecule has 0 radical (unpaired) electrons. The Hall–Kier alpha value is -2.19. The van der Waals surface area contributed by atoms with Gasteiger partial charge < -0.3 is 10.4 Å². The van der Waals surface area contributed by atoms with Crippen LogP contribution in [0.15, 0.2) is 29.8 Å². The Morgan fingerprint density at radius 2 is 2.21 bits per heavy atom. The summed E-state index contributed by atoms with van der Waals surface area (Å²) in [6.45, 7) is 4.29. The van der Waals surface area contributed by atoms with E-state index in [1.54, 1.807) is 28.3 Å². The van der Waals surface area contributed by atoms with Crippen LogP contribution in [0.3, 0.4) is 0 Å². The molecule has 0 saturated carbocycles. The van der Waals surface area contributed by atoms with Crippen LogP contribution in [0, 0.1) is 5.92 Å². The van der Waals surface area contributed by atoms with E-state index in [0.29, 0.717) is 12.4 Å². The van der Waals surface area contributed by atoms with Gasteiger partial charge in [-0.15, -0.1) is 11.3 Å². The van der Waals surface area contributed by atoms with Crippen LogP contribution in [-0.2, 0) is 16.1 Å². The van der Waals surface area contributed by atoms with E-state index in [1.807, 2.05) is 31.4 Å². The van der Waals surface area contributed by atoms with Crippen molar-refractivity contribution in [3.63, 3.8) is 0 Å². The lowest BCUT2D eigenvalue weighted by Gasteiger charge is -2.19. The molecule has 0 aliphatic heterocycles. The van der Waals surface area contributed by atoms with Crippen LogP contribution in [0.5, 0.6) is 0 Å². The first kappa shape index (κ1) is 18.2. The van der Waals surface area contributed by atoms with E-state index in [2.05, 4.69) is 15.7 Å². The normalized spacial score (nSPS) is 13.4. The van der Waals surface area contributed by atoms with E-state index in [1.165, 1.54) is 0 Å². The zero-order valence-electron chi connectivity index (χ0n) is 13.7. The van der Waals surface area contributed by atoms with Gasteiger partial charge >= 0.3 is 5.97 Å². The second-order valence-electron chi connectivity index (χ2n) is 5.58. The van der Waals surface area contributed by atoms with E-state index in [4.69, 9.17) is 0 Å². The quantitative estimate of drug-likeness (QED) is 0.643. The zero-order valence-corrected chi connectivity index (χ0v) is 14.5. The number of carboxylic acids is 1. The van der Waals surface area contributed by atoms with Crippen molar-refractivity contribution in [1.82, 2.24) is 15.1 Å². The van der Waals surface area contributed by atoms with Gasteiger partial charge in [-0.05, 0) is 17.4 Å². The molecular weight excluding hydrogens is 328 g/mol. The number of nitrogens with zero attached hydrogens (tertiary/aromatic N) is 2. The van der Waals surface area contributed by atoms with Gasteiger partial charge in [0.15, 0.2) is 0 Å². The van der Waals surface area contributed by atoms with Gasteiger partial charge in [-0.3, -0.25) is 14.9 Å². The van der Waals surface area contributed by atoms with Crippen LogP contribution in [0.2, 0.25) is 0 Å². The summed E-state index contributed by atoms with van der Waals surface area (Å²) in [6.07, 6.45) is 2.34. The van der Waals surface area contributed by atoms with Crippen molar-refractivity contribution in [1.29, 1.82) is 0 Å². The number of carbonyl (C=O) groups is 2. The lowest BCUT2D eigenvalue weighted by molar-refractivity contribution is -0.140. The molecule has 7 nitrogen and oxygen atoms in total. The van der Waals surface area contributed by atoms with Crippen molar-refractivity contribution >= 4 is 29.0 Å².